The van der Waals surface area contributed by atoms with E-state index in [-0.39, 0.29) is 30.6 Å². The van der Waals surface area contributed by atoms with Gasteiger partial charge in [0.05, 0.1) is 6.54 Å². The maximum Gasteiger partial charge on any atom is 0.319 e. The van der Waals surface area contributed by atoms with Crippen LogP contribution in [0, 0.1) is 0 Å². The van der Waals surface area contributed by atoms with Crippen LogP contribution in [0.4, 0.5) is 10.5 Å². The fourth-order valence-corrected chi connectivity index (χ4v) is 3.83. The summed E-state index contributed by atoms with van der Waals surface area (Å²) in [6, 6.07) is 6.90. The number of carboxylic acids is 1. The van der Waals surface area contributed by atoms with Crippen molar-refractivity contribution in [1.29, 1.82) is 0 Å². The number of urea groups is 1. The van der Waals surface area contributed by atoms with E-state index in [9.17, 15) is 14.4 Å². The highest BCUT2D eigenvalue weighted by atomic mass is 16.4. The summed E-state index contributed by atoms with van der Waals surface area (Å²) in [5.74, 6) is -0.793. The number of hydrogen-bond acceptors (Lipinski definition) is 4. The van der Waals surface area contributed by atoms with Crippen LogP contribution in [-0.2, 0) is 4.79 Å². The lowest BCUT2D eigenvalue weighted by Gasteiger charge is -2.42. The van der Waals surface area contributed by atoms with Gasteiger partial charge in [0.1, 0.15) is 0 Å². The second kappa shape index (κ2) is 9.05. The molecule has 1 saturated heterocycles. The molecule has 1 saturated carbocycles. The normalized spacial score (nSPS) is 21.3. The summed E-state index contributed by atoms with van der Waals surface area (Å²) >= 11 is 0. The lowest BCUT2D eigenvalue weighted by molar-refractivity contribution is -0.139. The van der Waals surface area contributed by atoms with Gasteiger partial charge in [0.25, 0.3) is 5.91 Å². The summed E-state index contributed by atoms with van der Waals surface area (Å²) < 4.78 is 0. The van der Waals surface area contributed by atoms with Crippen molar-refractivity contribution in [3.63, 3.8) is 0 Å². The van der Waals surface area contributed by atoms with Gasteiger partial charge in [-0.3, -0.25) is 14.5 Å². The average molecular weight is 388 g/mol. The molecule has 28 heavy (non-hydrogen) atoms. The quantitative estimate of drug-likeness (QED) is 0.663. The topological polar surface area (TPSA) is 102 Å². The van der Waals surface area contributed by atoms with E-state index in [0.717, 1.165) is 38.8 Å². The number of amides is 3. The highest BCUT2D eigenvalue weighted by Gasteiger charge is 2.34. The standard InChI is InChI=1S/C20H28N4O4/c1-2-23(13-18(25)26)17-11-16(12-17)22-20(28)21-15-7-5-14(6-8-15)19(27)24-9-3-4-10-24/h5-8,16-17H,2-4,9-13H2,1H3,(H,25,26)(H2,21,22,28). The molecule has 8 nitrogen and oxygen atoms in total. The van der Waals surface area contributed by atoms with E-state index in [2.05, 4.69) is 10.6 Å². The lowest BCUT2D eigenvalue weighted by Crippen LogP contribution is -2.55. The van der Waals surface area contributed by atoms with E-state index in [1.165, 1.54) is 0 Å². The lowest BCUT2D eigenvalue weighted by atomic mass is 9.85. The maximum atomic E-state index is 12.3. The molecule has 0 radical (unpaired) electrons. The number of rotatable bonds is 7. The smallest absolute Gasteiger partial charge is 0.319 e. The first-order valence-electron chi connectivity index (χ1n) is 9.89. The zero-order valence-electron chi connectivity index (χ0n) is 16.2. The summed E-state index contributed by atoms with van der Waals surface area (Å²) in [4.78, 5) is 39.1. The van der Waals surface area contributed by atoms with E-state index in [0.29, 0.717) is 17.8 Å². The van der Waals surface area contributed by atoms with Crippen LogP contribution in [-0.4, -0.2) is 71.1 Å². The Bertz CT molecular complexity index is 709. The minimum atomic E-state index is -0.831. The van der Waals surface area contributed by atoms with Crippen LogP contribution >= 0.6 is 0 Å². The molecule has 0 bridgehead atoms. The van der Waals surface area contributed by atoms with Gasteiger partial charge in [-0.25, -0.2) is 4.79 Å². The molecule has 3 amide bonds. The van der Waals surface area contributed by atoms with Crippen LogP contribution in [0.3, 0.4) is 0 Å². The third-order valence-corrected chi connectivity index (χ3v) is 5.49. The summed E-state index contributed by atoms with van der Waals surface area (Å²) in [7, 11) is 0. The zero-order valence-corrected chi connectivity index (χ0v) is 16.2. The second-order valence-electron chi connectivity index (χ2n) is 7.45. The van der Waals surface area contributed by atoms with Crippen LogP contribution in [0.25, 0.3) is 0 Å². The SMILES string of the molecule is CCN(CC(=O)O)C1CC(NC(=O)Nc2ccc(C(=O)N3CCCC3)cc2)C1. The summed E-state index contributed by atoms with van der Waals surface area (Å²) in [6.45, 7) is 4.27. The number of carbonyl (C=O) groups is 3. The minimum Gasteiger partial charge on any atom is -0.480 e. The van der Waals surface area contributed by atoms with E-state index < -0.39 is 5.97 Å². The highest BCUT2D eigenvalue weighted by Crippen LogP contribution is 2.25. The number of nitrogens with one attached hydrogen (secondary N) is 2. The van der Waals surface area contributed by atoms with Gasteiger partial charge in [0, 0.05) is 36.4 Å². The van der Waals surface area contributed by atoms with E-state index >= 15 is 0 Å². The van der Waals surface area contributed by atoms with Gasteiger partial charge in [0.15, 0.2) is 0 Å². The number of anilines is 1. The largest absolute Gasteiger partial charge is 0.480 e. The van der Waals surface area contributed by atoms with Crippen molar-refractivity contribution in [3.8, 4) is 0 Å². The molecule has 0 spiro atoms. The molecule has 1 aromatic rings. The first kappa shape index (κ1) is 20.1. The van der Waals surface area contributed by atoms with Gasteiger partial charge in [0.2, 0.25) is 0 Å². The first-order valence-corrected chi connectivity index (χ1v) is 9.89. The second-order valence-corrected chi connectivity index (χ2v) is 7.45. The van der Waals surface area contributed by atoms with Crippen LogP contribution in [0.2, 0.25) is 0 Å². The van der Waals surface area contributed by atoms with Gasteiger partial charge in [-0.05, 0) is 56.5 Å². The third kappa shape index (κ3) is 5.01. The van der Waals surface area contributed by atoms with Gasteiger partial charge in [-0.15, -0.1) is 0 Å². The summed E-state index contributed by atoms with van der Waals surface area (Å²) in [5.41, 5.74) is 1.26. The Morgan fingerprint density at radius 1 is 1.14 bits per heavy atom. The summed E-state index contributed by atoms with van der Waals surface area (Å²) in [5, 5.41) is 14.6. The molecule has 0 atom stereocenters. The van der Waals surface area contributed by atoms with Crippen LogP contribution in [0.1, 0.15) is 43.0 Å². The Morgan fingerprint density at radius 3 is 2.36 bits per heavy atom. The molecule has 1 aliphatic heterocycles. The van der Waals surface area contributed by atoms with E-state index in [4.69, 9.17) is 5.11 Å². The predicted molar refractivity (Wildman–Crippen MR) is 105 cm³/mol. The van der Waals surface area contributed by atoms with Gasteiger partial charge >= 0.3 is 12.0 Å². The average Bonchev–Trinajstić information content (AvgIpc) is 3.17. The molecule has 0 unspecified atom stereocenters. The number of likely N-dealkylation sites (N-methyl/N-ethyl adjacent to an activating group) is 1. The van der Waals surface area contributed by atoms with Crippen molar-refractivity contribution in [2.45, 2.75) is 44.7 Å². The van der Waals surface area contributed by atoms with Crippen LogP contribution < -0.4 is 10.6 Å². The van der Waals surface area contributed by atoms with Crippen molar-refractivity contribution >= 4 is 23.6 Å². The van der Waals surface area contributed by atoms with Crippen LogP contribution in [0.15, 0.2) is 24.3 Å². The van der Waals surface area contributed by atoms with Crippen LogP contribution in [0.5, 0.6) is 0 Å². The summed E-state index contributed by atoms with van der Waals surface area (Å²) in [6.07, 6.45) is 3.61. The Hall–Kier alpha value is -2.61. The maximum absolute atomic E-state index is 12.3. The molecule has 3 rings (SSSR count). The fourth-order valence-electron chi connectivity index (χ4n) is 3.83. The molecular formula is C20H28N4O4. The molecule has 152 valence electrons. The molecular weight excluding hydrogens is 360 g/mol. The van der Waals surface area contributed by atoms with Crippen molar-refractivity contribution in [3.05, 3.63) is 29.8 Å². The molecule has 1 heterocycles. The Kier molecular flexibility index (Phi) is 6.51. The van der Waals surface area contributed by atoms with Gasteiger partial charge in [-0.1, -0.05) is 6.92 Å². The Morgan fingerprint density at radius 2 is 1.79 bits per heavy atom. The van der Waals surface area contributed by atoms with Crippen molar-refractivity contribution in [2.75, 3.05) is 31.5 Å². The van der Waals surface area contributed by atoms with Gasteiger partial charge in [-0.2, -0.15) is 0 Å². The van der Waals surface area contributed by atoms with Crippen molar-refractivity contribution in [1.82, 2.24) is 15.1 Å². The van der Waals surface area contributed by atoms with Crippen molar-refractivity contribution < 1.29 is 19.5 Å². The molecule has 1 aliphatic carbocycles. The predicted octanol–water partition coefficient (Wildman–Crippen LogP) is 1.98. The highest BCUT2D eigenvalue weighted by molar-refractivity contribution is 5.95. The molecule has 8 heteroatoms. The van der Waals surface area contributed by atoms with E-state index in [1.54, 1.807) is 24.3 Å². The number of carboxylic acid groups (broad SMARTS) is 1. The fraction of sp³-hybridized carbons (Fsp3) is 0.550. The first-order chi connectivity index (χ1) is 13.5. The van der Waals surface area contributed by atoms with E-state index in [1.807, 2.05) is 16.7 Å². The number of nitrogens with zero attached hydrogens (tertiary/aromatic N) is 2. The number of aliphatic carboxylic acids is 1. The molecule has 0 aromatic heterocycles. The number of hydrogen-bond donors (Lipinski definition) is 3. The zero-order chi connectivity index (χ0) is 20.1. The Labute approximate surface area is 164 Å². The number of benzene rings is 1. The Balaban J connectivity index is 1.43. The number of carbonyl (C=O) groups excluding carboxylic acids is 2. The minimum absolute atomic E-state index is 0.0303. The monoisotopic (exact) mass is 388 g/mol. The molecule has 2 aliphatic rings. The third-order valence-electron chi connectivity index (χ3n) is 5.49. The molecule has 2 fully saturated rings. The molecule has 3 N–H and O–H groups in total. The number of likely N-dealkylation sites (tertiary alicyclic amines) is 1. The molecule has 1 aromatic carbocycles. The van der Waals surface area contributed by atoms with Gasteiger partial charge < -0.3 is 20.6 Å². The van der Waals surface area contributed by atoms with Crippen molar-refractivity contribution in [2.24, 2.45) is 0 Å².